The van der Waals surface area contributed by atoms with Gasteiger partial charge in [0.2, 0.25) is 5.89 Å². The maximum atomic E-state index is 11.9. The van der Waals surface area contributed by atoms with Crippen LogP contribution in [-0.4, -0.2) is 18.6 Å². The molecule has 1 aromatic carbocycles. The highest BCUT2D eigenvalue weighted by molar-refractivity contribution is 7.86. The lowest BCUT2D eigenvalue weighted by Crippen LogP contribution is -2.07. The molecule has 108 valence electrons. The van der Waals surface area contributed by atoms with Gasteiger partial charge in [0.1, 0.15) is 6.61 Å². The third kappa shape index (κ3) is 3.43. The van der Waals surface area contributed by atoms with Gasteiger partial charge in [0.15, 0.2) is 5.82 Å². The van der Waals surface area contributed by atoms with Gasteiger partial charge in [-0.15, -0.1) is 0 Å². The topological polar surface area (TPSA) is 82.3 Å². The molecule has 0 bridgehead atoms. The van der Waals surface area contributed by atoms with Crippen LogP contribution in [-0.2, 0) is 20.9 Å². The quantitative estimate of drug-likeness (QED) is 0.788. The summed E-state index contributed by atoms with van der Waals surface area (Å²) >= 11 is 0. The first-order chi connectivity index (χ1) is 9.38. The summed E-state index contributed by atoms with van der Waals surface area (Å²) in [4.78, 5) is 4.16. The Morgan fingerprint density at radius 1 is 1.25 bits per heavy atom. The molecule has 0 aliphatic heterocycles. The molecule has 0 fully saturated rings. The molecule has 0 spiro atoms. The van der Waals surface area contributed by atoms with Crippen molar-refractivity contribution in [3.63, 3.8) is 0 Å². The minimum atomic E-state index is -3.81. The first kappa shape index (κ1) is 14.7. The molecule has 0 amide bonds. The van der Waals surface area contributed by atoms with Crippen LogP contribution in [0.3, 0.4) is 0 Å². The Balaban J connectivity index is 2.07. The smallest absolute Gasteiger partial charge is 0.297 e. The normalized spacial score (nSPS) is 12.0. The number of benzene rings is 1. The molecule has 0 aliphatic rings. The van der Waals surface area contributed by atoms with Gasteiger partial charge in [-0.05, 0) is 19.1 Å². The second kappa shape index (κ2) is 5.72. The molecule has 0 saturated heterocycles. The second-order valence-electron chi connectivity index (χ2n) is 4.73. The summed E-state index contributed by atoms with van der Waals surface area (Å²) in [5.41, 5.74) is 0.976. The van der Waals surface area contributed by atoms with E-state index >= 15 is 0 Å². The minimum absolute atomic E-state index is 0.0879. The first-order valence-corrected chi connectivity index (χ1v) is 7.58. The average molecular weight is 296 g/mol. The van der Waals surface area contributed by atoms with E-state index in [4.69, 9.17) is 8.71 Å². The second-order valence-corrected chi connectivity index (χ2v) is 6.35. The first-order valence-electron chi connectivity index (χ1n) is 6.17. The van der Waals surface area contributed by atoms with Crippen molar-refractivity contribution in [3.05, 3.63) is 41.5 Å². The summed E-state index contributed by atoms with van der Waals surface area (Å²) in [5, 5.41) is 3.67. The van der Waals surface area contributed by atoms with E-state index in [0.717, 1.165) is 5.56 Å². The lowest BCUT2D eigenvalue weighted by molar-refractivity contribution is 0.287. The van der Waals surface area contributed by atoms with Gasteiger partial charge in [-0.25, -0.2) is 0 Å². The maximum Gasteiger partial charge on any atom is 0.297 e. The summed E-state index contributed by atoms with van der Waals surface area (Å²) < 4.78 is 33.8. The van der Waals surface area contributed by atoms with Gasteiger partial charge < -0.3 is 4.52 Å². The lowest BCUT2D eigenvalue weighted by atomic mass is 10.2. The zero-order valence-electron chi connectivity index (χ0n) is 11.5. The fraction of sp³-hybridized carbons (Fsp3) is 0.385. The van der Waals surface area contributed by atoms with Crippen molar-refractivity contribution in [2.75, 3.05) is 0 Å². The van der Waals surface area contributed by atoms with E-state index in [0.29, 0.717) is 5.89 Å². The van der Waals surface area contributed by atoms with Crippen molar-refractivity contribution in [2.45, 2.75) is 38.2 Å². The Bertz CT molecular complexity index is 675. The third-order valence-electron chi connectivity index (χ3n) is 2.63. The summed E-state index contributed by atoms with van der Waals surface area (Å²) in [6.07, 6.45) is 0. The number of aromatic nitrogens is 2. The molecule has 1 heterocycles. The number of hydrogen-bond acceptors (Lipinski definition) is 6. The molecule has 2 aromatic rings. The van der Waals surface area contributed by atoms with Crippen molar-refractivity contribution < 1.29 is 17.1 Å². The van der Waals surface area contributed by atoms with Crippen molar-refractivity contribution in [1.29, 1.82) is 0 Å². The molecular formula is C13H16N2O4S. The van der Waals surface area contributed by atoms with Crippen LogP contribution < -0.4 is 0 Å². The number of rotatable bonds is 5. The molecule has 2 rings (SSSR count). The summed E-state index contributed by atoms with van der Waals surface area (Å²) in [6, 6.07) is 6.42. The fourth-order valence-corrected chi connectivity index (χ4v) is 2.33. The van der Waals surface area contributed by atoms with E-state index in [1.165, 1.54) is 12.1 Å². The largest absolute Gasteiger partial charge is 0.339 e. The fourth-order valence-electron chi connectivity index (χ4n) is 1.46. The van der Waals surface area contributed by atoms with Crippen molar-refractivity contribution in [3.8, 4) is 0 Å². The van der Waals surface area contributed by atoms with Crippen molar-refractivity contribution >= 4 is 10.1 Å². The highest BCUT2D eigenvalue weighted by Crippen LogP contribution is 2.16. The Kier molecular flexibility index (Phi) is 4.20. The van der Waals surface area contributed by atoms with E-state index in [2.05, 4.69) is 10.1 Å². The van der Waals surface area contributed by atoms with Crippen molar-refractivity contribution in [2.24, 2.45) is 0 Å². The van der Waals surface area contributed by atoms with Crippen LogP contribution in [0.4, 0.5) is 0 Å². The van der Waals surface area contributed by atoms with Gasteiger partial charge in [0, 0.05) is 5.92 Å². The van der Waals surface area contributed by atoms with Gasteiger partial charge in [-0.2, -0.15) is 13.4 Å². The van der Waals surface area contributed by atoms with Crippen molar-refractivity contribution in [1.82, 2.24) is 10.1 Å². The molecule has 7 heteroatoms. The Morgan fingerprint density at radius 3 is 2.45 bits per heavy atom. The predicted molar refractivity (Wildman–Crippen MR) is 71.5 cm³/mol. The van der Waals surface area contributed by atoms with Crippen LogP contribution in [0.25, 0.3) is 0 Å². The van der Waals surface area contributed by atoms with Crippen LogP contribution in [0.2, 0.25) is 0 Å². The lowest BCUT2D eigenvalue weighted by Gasteiger charge is -2.03. The highest BCUT2D eigenvalue weighted by atomic mass is 32.2. The number of aryl methyl sites for hydroxylation is 1. The zero-order valence-corrected chi connectivity index (χ0v) is 12.3. The van der Waals surface area contributed by atoms with Crippen LogP contribution in [0.15, 0.2) is 33.7 Å². The van der Waals surface area contributed by atoms with E-state index in [-0.39, 0.29) is 23.2 Å². The molecule has 20 heavy (non-hydrogen) atoms. The van der Waals surface area contributed by atoms with Crippen LogP contribution in [0, 0.1) is 6.92 Å². The van der Waals surface area contributed by atoms with Gasteiger partial charge in [0.05, 0.1) is 4.90 Å². The van der Waals surface area contributed by atoms with E-state index < -0.39 is 10.1 Å². The average Bonchev–Trinajstić information content (AvgIpc) is 2.86. The monoisotopic (exact) mass is 296 g/mol. The molecule has 0 radical (unpaired) electrons. The van der Waals surface area contributed by atoms with Gasteiger partial charge >= 0.3 is 0 Å². The number of hydrogen-bond donors (Lipinski definition) is 0. The van der Waals surface area contributed by atoms with E-state index in [1.54, 1.807) is 12.1 Å². The molecule has 0 saturated carbocycles. The Labute approximate surface area is 117 Å². The molecule has 0 N–H and O–H groups in total. The Morgan fingerprint density at radius 2 is 1.90 bits per heavy atom. The van der Waals surface area contributed by atoms with E-state index in [1.807, 2.05) is 20.8 Å². The molecule has 1 aromatic heterocycles. The zero-order chi connectivity index (χ0) is 14.8. The highest BCUT2D eigenvalue weighted by Gasteiger charge is 2.17. The summed E-state index contributed by atoms with van der Waals surface area (Å²) in [6.45, 7) is 5.44. The van der Waals surface area contributed by atoms with E-state index in [9.17, 15) is 8.42 Å². The third-order valence-corrected chi connectivity index (χ3v) is 3.91. The standard InChI is InChI=1S/C13H16N2O4S/c1-9(2)13-14-12(15-19-13)8-18-20(16,17)11-6-4-10(3)5-7-11/h4-7,9H,8H2,1-3H3. The van der Waals surface area contributed by atoms with Crippen LogP contribution >= 0.6 is 0 Å². The van der Waals surface area contributed by atoms with Gasteiger partial charge in [-0.1, -0.05) is 36.7 Å². The molecule has 0 atom stereocenters. The molecule has 6 nitrogen and oxygen atoms in total. The maximum absolute atomic E-state index is 11.9. The molecular weight excluding hydrogens is 280 g/mol. The van der Waals surface area contributed by atoms with Gasteiger partial charge in [-0.3, -0.25) is 4.18 Å². The summed E-state index contributed by atoms with van der Waals surface area (Å²) in [5.74, 6) is 0.755. The van der Waals surface area contributed by atoms with Gasteiger partial charge in [0.25, 0.3) is 10.1 Å². The minimum Gasteiger partial charge on any atom is -0.339 e. The molecule has 0 aliphatic carbocycles. The SMILES string of the molecule is Cc1ccc(S(=O)(=O)OCc2noc(C(C)C)n2)cc1. The van der Waals surface area contributed by atoms with Crippen LogP contribution in [0.5, 0.6) is 0 Å². The van der Waals surface area contributed by atoms with Crippen LogP contribution in [0.1, 0.15) is 37.0 Å². The predicted octanol–water partition coefficient (Wildman–Crippen LogP) is 2.41. The Hall–Kier alpha value is -1.73. The number of nitrogens with zero attached hydrogens (tertiary/aromatic N) is 2. The summed E-state index contributed by atoms with van der Waals surface area (Å²) in [7, 11) is -3.81. The molecule has 0 unspecified atom stereocenters.